The maximum atomic E-state index is 12.1. The Labute approximate surface area is 123 Å². The van der Waals surface area contributed by atoms with Crippen LogP contribution >= 0.6 is 0 Å². The lowest BCUT2D eigenvalue weighted by Gasteiger charge is -2.28. The van der Waals surface area contributed by atoms with Crippen LogP contribution in [0.4, 0.5) is 5.69 Å². The molecule has 2 aromatic rings. The van der Waals surface area contributed by atoms with Gasteiger partial charge in [-0.05, 0) is 24.3 Å². The van der Waals surface area contributed by atoms with Crippen molar-refractivity contribution in [2.75, 3.05) is 31.2 Å². The topological polar surface area (TPSA) is 70.2 Å². The fourth-order valence-electron chi connectivity index (χ4n) is 2.31. The van der Waals surface area contributed by atoms with Gasteiger partial charge in [0.05, 0.1) is 19.8 Å². The first-order chi connectivity index (χ1) is 10.3. The van der Waals surface area contributed by atoms with E-state index in [9.17, 15) is 4.79 Å². The van der Waals surface area contributed by atoms with Crippen molar-refractivity contribution >= 4 is 11.6 Å². The summed E-state index contributed by atoms with van der Waals surface area (Å²) in [5.74, 6) is -0.167. The zero-order valence-corrected chi connectivity index (χ0v) is 11.7. The molecule has 6 nitrogen and oxygen atoms in total. The Hall–Kier alpha value is -2.34. The molecule has 1 saturated heterocycles. The Morgan fingerprint density at radius 1 is 1.38 bits per heavy atom. The highest BCUT2D eigenvalue weighted by molar-refractivity contribution is 5.93. The van der Waals surface area contributed by atoms with Crippen molar-refractivity contribution in [2.45, 2.75) is 6.54 Å². The first kappa shape index (κ1) is 13.6. The van der Waals surface area contributed by atoms with Gasteiger partial charge in [-0.1, -0.05) is 0 Å². The molecule has 1 aliphatic rings. The number of hydrogen-bond acceptors (Lipinski definition) is 4. The molecule has 0 bridgehead atoms. The minimum absolute atomic E-state index is 0.167. The van der Waals surface area contributed by atoms with Crippen LogP contribution in [-0.4, -0.2) is 42.2 Å². The van der Waals surface area contributed by atoms with Crippen LogP contribution in [-0.2, 0) is 11.3 Å². The maximum Gasteiger partial charge on any atom is 0.270 e. The number of carbonyl (C=O) groups excluding carboxylic acids is 1. The third-order valence-corrected chi connectivity index (χ3v) is 3.45. The molecule has 21 heavy (non-hydrogen) atoms. The van der Waals surface area contributed by atoms with Crippen LogP contribution in [0.1, 0.15) is 16.2 Å². The number of amides is 1. The monoisotopic (exact) mass is 286 g/mol. The second-order valence-corrected chi connectivity index (χ2v) is 4.88. The lowest BCUT2D eigenvalue weighted by atomic mass is 10.2. The minimum Gasteiger partial charge on any atom is -0.378 e. The molecule has 2 aromatic heterocycles. The summed E-state index contributed by atoms with van der Waals surface area (Å²) in [7, 11) is 0. The van der Waals surface area contributed by atoms with E-state index in [0.717, 1.165) is 37.7 Å². The van der Waals surface area contributed by atoms with E-state index in [1.54, 1.807) is 6.20 Å². The standard InChI is InChI=1S/C15H18N4O2/c20-15(18-11-12-2-1-4-16-12)14-10-13(3-5-17-14)19-6-8-21-9-7-19/h1-5,10,16H,6-9,11H2,(H,18,20). The van der Waals surface area contributed by atoms with Crippen molar-refractivity contribution in [2.24, 2.45) is 0 Å². The van der Waals surface area contributed by atoms with E-state index in [1.165, 1.54) is 0 Å². The largest absolute Gasteiger partial charge is 0.378 e. The zero-order chi connectivity index (χ0) is 14.5. The maximum absolute atomic E-state index is 12.1. The highest BCUT2D eigenvalue weighted by atomic mass is 16.5. The van der Waals surface area contributed by atoms with Crippen LogP contribution in [0.25, 0.3) is 0 Å². The summed E-state index contributed by atoms with van der Waals surface area (Å²) in [6.07, 6.45) is 3.51. The Kier molecular flexibility index (Phi) is 4.16. The van der Waals surface area contributed by atoms with E-state index in [1.807, 2.05) is 30.5 Å². The van der Waals surface area contributed by atoms with Crippen molar-refractivity contribution in [1.82, 2.24) is 15.3 Å². The second kappa shape index (κ2) is 6.41. The van der Waals surface area contributed by atoms with E-state index in [2.05, 4.69) is 20.2 Å². The van der Waals surface area contributed by atoms with Crippen molar-refractivity contribution < 1.29 is 9.53 Å². The van der Waals surface area contributed by atoms with Crippen molar-refractivity contribution in [3.8, 4) is 0 Å². The molecule has 0 radical (unpaired) electrons. The molecule has 1 aliphatic heterocycles. The number of ether oxygens (including phenoxy) is 1. The summed E-state index contributed by atoms with van der Waals surface area (Å²) in [4.78, 5) is 21.5. The first-order valence-corrected chi connectivity index (χ1v) is 7.02. The number of aromatic amines is 1. The van der Waals surface area contributed by atoms with Gasteiger partial charge in [0, 0.05) is 36.9 Å². The van der Waals surface area contributed by atoms with Gasteiger partial charge in [-0.25, -0.2) is 0 Å². The van der Waals surface area contributed by atoms with Gasteiger partial charge >= 0.3 is 0 Å². The number of aromatic nitrogens is 2. The molecule has 0 aliphatic carbocycles. The van der Waals surface area contributed by atoms with Crippen molar-refractivity contribution in [3.63, 3.8) is 0 Å². The van der Waals surface area contributed by atoms with Gasteiger partial charge in [-0.3, -0.25) is 9.78 Å². The number of carbonyl (C=O) groups is 1. The highest BCUT2D eigenvalue weighted by Gasteiger charge is 2.14. The third kappa shape index (κ3) is 3.41. The average Bonchev–Trinajstić information content (AvgIpc) is 3.07. The summed E-state index contributed by atoms with van der Waals surface area (Å²) >= 11 is 0. The average molecular weight is 286 g/mol. The number of rotatable bonds is 4. The Morgan fingerprint density at radius 2 is 2.24 bits per heavy atom. The number of hydrogen-bond donors (Lipinski definition) is 2. The van der Waals surface area contributed by atoms with Gasteiger partial charge in [0.2, 0.25) is 0 Å². The number of morpholine rings is 1. The van der Waals surface area contributed by atoms with Gasteiger partial charge < -0.3 is 19.9 Å². The molecule has 3 heterocycles. The number of H-pyrrole nitrogens is 1. The number of nitrogens with zero attached hydrogens (tertiary/aromatic N) is 2. The Balaban J connectivity index is 1.65. The molecule has 1 fully saturated rings. The van der Waals surface area contributed by atoms with Gasteiger partial charge in [0.15, 0.2) is 0 Å². The molecular formula is C15H18N4O2. The van der Waals surface area contributed by atoms with Gasteiger partial charge in [0.1, 0.15) is 5.69 Å². The number of nitrogens with one attached hydrogen (secondary N) is 2. The Morgan fingerprint density at radius 3 is 3.00 bits per heavy atom. The summed E-state index contributed by atoms with van der Waals surface area (Å²) in [5, 5.41) is 2.86. The van der Waals surface area contributed by atoms with Crippen molar-refractivity contribution in [3.05, 3.63) is 48.0 Å². The van der Waals surface area contributed by atoms with Gasteiger partial charge in [-0.2, -0.15) is 0 Å². The first-order valence-electron chi connectivity index (χ1n) is 7.02. The molecule has 1 amide bonds. The van der Waals surface area contributed by atoms with E-state index in [-0.39, 0.29) is 5.91 Å². The molecule has 2 N–H and O–H groups in total. The molecule has 110 valence electrons. The van der Waals surface area contributed by atoms with Crippen LogP contribution in [0.3, 0.4) is 0 Å². The van der Waals surface area contributed by atoms with E-state index >= 15 is 0 Å². The zero-order valence-electron chi connectivity index (χ0n) is 11.7. The Bertz CT molecular complexity index is 591. The molecule has 0 aromatic carbocycles. The van der Waals surface area contributed by atoms with E-state index in [0.29, 0.717) is 12.2 Å². The molecule has 3 rings (SSSR count). The SMILES string of the molecule is O=C(NCc1ccc[nH]1)c1cc(N2CCOCC2)ccn1. The van der Waals surface area contributed by atoms with Crippen LogP contribution < -0.4 is 10.2 Å². The molecule has 0 saturated carbocycles. The van der Waals surface area contributed by atoms with Gasteiger partial charge in [0.25, 0.3) is 5.91 Å². The summed E-state index contributed by atoms with van der Waals surface area (Å²) in [6.45, 7) is 3.59. The van der Waals surface area contributed by atoms with Crippen LogP contribution in [0, 0.1) is 0 Å². The fraction of sp³-hybridized carbons (Fsp3) is 0.333. The van der Waals surface area contributed by atoms with Crippen LogP contribution in [0.2, 0.25) is 0 Å². The molecule has 6 heteroatoms. The summed E-state index contributed by atoms with van der Waals surface area (Å²) < 4.78 is 5.34. The van der Waals surface area contributed by atoms with Crippen LogP contribution in [0.15, 0.2) is 36.7 Å². The lowest BCUT2D eigenvalue weighted by Crippen LogP contribution is -2.36. The van der Waals surface area contributed by atoms with E-state index < -0.39 is 0 Å². The summed E-state index contributed by atoms with van der Waals surface area (Å²) in [5.41, 5.74) is 2.41. The predicted octanol–water partition coefficient (Wildman–Crippen LogP) is 1.18. The molecule has 0 atom stereocenters. The predicted molar refractivity (Wildman–Crippen MR) is 79.2 cm³/mol. The van der Waals surface area contributed by atoms with E-state index in [4.69, 9.17) is 4.74 Å². The normalized spacial score (nSPS) is 15.0. The van der Waals surface area contributed by atoms with Crippen molar-refractivity contribution in [1.29, 1.82) is 0 Å². The molecular weight excluding hydrogens is 268 g/mol. The third-order valence-electron chi connectivity index (χ3n) is 3.45. The second-order valence-electron chi connectivity index (χ2n) is 4.88. The lowest BCUT2D eigenvalue weighted by molar-refractivity contribution is 0.0945. The van der Waals surface area contributed by atoms with Crippen LogP contribution in [0.5, 0.6) is 0 Å². The number of pyridine rings is 1. The van der Waals surface area contributed by atoms with Gasteiger partial charge in [-0.15, -0.1) is 0 Å². The highest BCUT2D eigenvalue weighted by Crippen LogP contribution is 2.16. The summed E-state index contributed by atoms with van der Waals surface area (Å²) in [6, 6.07) is 7.58. The minimum atomic E-state index is -0.167. The molecule has 0 unspecified atom stereocenters. The molecule has 0 spiro atoms. The number of anilines is 1. The smallest absolute Gasteiger partial charge is 0.270 e. The fourth-order valence-corrected chi connectivity index (χ4v) is 2.31. The quantitative estimate of drug-likeness (QED) is 0.885.